The molecule has 0 aromatic carbocycles. The van der Waals surface area contributed by atoms with Crippen molar-refractivity contribution in [2.45, 2.75) is 6.54 Å². The second kappa shape index (κ2) is 6.97. The van der Waals surface area contributed by atoms with E-state index in [0.717, 1.165) is 5.56 Å². The Morgan fingerprint density at radius 2 is 2.12 bits per heavy atom. The van der Waals surface area contributed by atoms with Crippen LogP contribution in [0.2, 0.25) is 0 Å². The summed E-state index contributed by atoms with van der Waals surface area (Å²) >= 11 is 1.55. The smallest absolute Gasteiger partial charge is 0.309 e. The van der Waals surface area contributed by atoms with Gasteiger partial charge in [0.15, 0.2) is 0 Å². The van der Waals surface area contributed by atoms with Gasteiger partial charge in [0.05, 0.1) is 6.61 Å². The summed E-state index contributed by atoms with van der Waals surface area (Å²) in [5.74, 6) is -1.26. The largest absolute Gasteiger partial charge is 0.383 e. The lowest BCUT2D eigenvalue weighted by atomic mass is 10.3. The molecule has 0 aliphatic heterocycles. The van der Waals surface area contributed by atoms with Crippen molar-refractivity contribution in [3.63, 3.8) is 0 Å². The molecule has 1 aromatic heterocycles. The van der Waals surface area contributed by atoms with Gasteiger partial charge in [0.1, 0.15) is 0 Å². The van der Waals surface area contributed by atoms with E-state index in [1.54, 1.807) is 11.3 Å². The first-order chi connectivity index (χ1) is 7.74. The molecule has 0 radical (unpaired) electrons. The van der Waals surface area contributed by atoms with Crippen molar-refractivity contribution in [1.29, 1.82) is 0 Å². The Bertz CT molecular complexity index is 338. The molecule has 2 N–H and O–H groups in total. The van der Waals surface area contributed by atoms with E-state index < -0.39 is 11.8 Å². The average molecular weight is 242 g/mol. The van der Waals surface area contributed by atoms with Crippen molar-refractivity contribution >= 4 is 23.2 Å². The molecule has 0 aliphatic rings. The lowest BCUT2D eigenvalue weighted by Gasteiger charge is -2.04. The molecule has 88 valence electrons. The topological polar surface area (TPSA) is 67.4 Å². The fourth-order valence-corrected chi connectivity index (χ4v) is 1.67. The third-order valence-electron chi connectivity index (χ3n) is 1.83. The first-order valence-corrected chi connectivity index (χ1v) is 5.74. The fraction of sp³-hybridized carbons (Fsp3) is 0.400. The summed E-state index contributed by atoms with van der Waals surface area (Å²) < 4.78 is 4.75. The Kier molecular flexibility index (Phi) is 5.52. The van der Waals surface area contributed by atoms with Gasteiger partial charge in [0.2, 0.25) is 0 Å². The van der Waals surface area contributed by atoms with E-state index in [-0.39, 0.29) is 0 Å². The third kappa shape index (κ3) is 4.41. The number of hydrogen-bond donors (Lipinski definition) is 2. The Balaban J connectivity index is 2.21. The Labute approximate surface area is 97.8 Å². The van der Waals surface area contributed by atoms with Crippen LogP contribution in [0.5, 0.6) is 0 Å². The van der Waals surface area contributed by atoms with Crippen LogP contribution in [-0.4, -0.2) is 32.1 Å². The minimum Gasteiger partial charge on any atom is -0.383 e. The van der Waals surface area contributed by atoms with Crippen molar-refractivity contribution < 1.29 is 14.3 Å². The number of methoxy groups -OCH3 is 1. The van der Waals surface area contributed by atoms with Gasteiger partial charge in [-0.2, -0.15) is 11.3 Å². The zero-order valence-electron chi connectivity index (χ0n) is 8.99. The van der Waals surface area contributed by atoms with Gasteiger partial charge in [0, 0.05) is 20.2 Å². The number of nitrogens with one attached hydrogen (secondary N) is 2. The number of thiophene rings is 1. The number of amides is 2. The van der Waals surface area contributed by atoms with E-state index in [9.17, 15) is 9.59 Å². The molecule has 0 bridgehead atoms. The maximum Gasteiger partial charge on any atom is 0.309 e. The average Bonchev–Trinajstić information content (AvgIpc) is 2.79. The molecule has 0 fully saturated rings. The maximum atomic E-state index is 11.3. The van der Waals surface area contributed by atoms with Crippen LogP contribution in [0, 0.1) is 0 Å². The molecule has 16 heavy (non-hydrogen) atoms. The van der Waals surface area contributed by atoms with Gasteiger partial charge < -0.3 is 15.4 Å². The molecule has 0 spiro atoms. The molecular weight excluding hydrogens is 228 g/mol. The third-order valence-corrected chi connectivity index (χ3v) is 2.56. The summed E-state index contributed by atoms with van der Waals surface area (Å²) in [5, 5.41) is 8.80. The van der Waals surface area contributed by atoms with E-state index in [1.807, 2.05) is 16.8 Å². The predicted octanol–water partition coefficient (Wildman–Crippen LogP) is 0.127. The van der Waals surface area contributed by atoms with Crippen LogP contribution < -0.4 is 10.6 Å². The zero-order valence-corrected chi connectivity index (χ0v) is 9.80. The summed E-state index contributed by atoms with van der Waals surface area (Å²) in [7, 11) is 1.53. The van der Waals surface area contributed by atoms with E-state index in [2.05, 4.69) is 10.6 Å². The SMILES string of the molecule is COCCNC(=O)C(=O)NCc1ccsc1. The molecular formula is C10H14N2O3S. The fourth-order valence-electron chi connectivity index (χ4n) is 1.00. The molecule has 5 nitrogen and oxygen atoms in total. The minimum atomic E-state index is -0.632. The highest BCUT2D eigenvalue weighted by Gasteiger charge is 2.11. The van der Waals surface area contributed by atoms with Crippen molar-refractivity contribution in [2.24, 2.45) is 0 Å². The van der Waals surface area contributed by atoms with Crippen LogP contribution >= 0.6 is 11.3 Å². The standard InChI is InChI=1S/C10H14N2O3S/c1-15-4-3-11-9(13)10(14)12-6-8-2-5-16-7-8/h2,5,7H,3-4,6H2,1H3,(H,11,13)(H,12,14). The molecule has 2 amide bonds. The summed E-state index contributed by atoms with van der Waals surface area (Å²) in [6, 6.07) is 1.90. The van der Waals surface area contributed by atoms with Gasteiger partial charge in [-0.1, -0.05) is 0 Å². The molecule has 1 heterocycles. The van der Waals surface area contributed by atoms with E-state index in [0.29, 0.717) is 19.7 Å². The van der Waals surface area contributed by atoms with Crippen molar-refractivity contribution in [2.75, 3.05) is 20.3 Å². The summed E-state index contributed by atoms with van der Waals surface area (Å²) in [6.45, 7) is 1.10. The van der Waals surface area contributed by atoms with Gasteiger partial charge in [-0.15, -0.1) is 0 Å². The lowest BCUT2D eigenvalue weighted by Crippen LogP contribution is -2.40. The highest BCUT2D eigenvalue weighted by Crippen LogP contribution is 2.04. The van der Waals surface area contributed by atoms with Gasteiger partial charge >= 0.3 is 11.8 Å². The van der Waals surface area contributed by atoms with Crippen molar-refractivity contribution in [3.8, 4) is 0 Å². The number of ether oxygens (including phenoxy) is 1. The summed E-state index contributed by atoms with van der Waals surface area (Å²) in [5.41, 5.74) is 0.989. The van der Waals surface area contributed by atoms with Gasteiger partial charge in [0.25, 0.3) is 0 Å². The van der Waals surface area contributed by atoms with Gasteiger partial charge in [-0.25, -0.2) is 0 Å². The first kappa shape index (κ1) is 12.7. The second-order valence-corrected chi connectivity index (χ2v) is 3.84. The van der Waals surface area contributed by atoms with Crippen LogP contribution in [0.1, 0.15) is 5.56 Å². The number of rotatable bonds is 5. The highest BCUT2D eigenvalue weighted by atomic mass is 32.1. The van der Waals surface area contributed by atoms with Crippen LogP contribution in [-0.2, 0) is 20.9 Å². The molecule has 6 heteroatoms. The Hall–Kier alpha value is -1.40. The molecule has 0 saturated carbocycles. The van der Waals surface area contributed by atoms with Crippen LogP contribution in [0.3, 0.4) is 0 Å². The quantitative estimate of drug-likeness (QED) is 0.569. The highest BCUT2D eigenvalue weighted by molar-refractivity contribution is 7.07. The predicted molar refractivity (Wildman–Crippen MR) is 61.1 cm³/mol. The molecule has 1 rings (SSSR count). The summed E-state index contributed by atoms with van der Waals surface area (Å²) in [4.78, 5) is 22.5. The van der Waals surface area contributed by atoms with E-state index >= 15 is 0 Å². The monoisotopic (exact) mass is 242 g/mol. The van der Waals surface area contributed by atoms with Crippen LogP contribution in [0.4, 0.5) is 0 Å². The minimum absolute atomic E-state index is 0.335. The van der Waals surface area contributed by atoms with Crippen molar-refractivity contribution in [3.05, 3.63) is 22.4 Å². The van der Waals surface area contributed by atoms with Crippen LogP contribution in [0.15, 0.2) is 16.8 Å². The number of hydrogen-bond acceptors (Lipinski definition) is 4. The Morgan fingerprint density at radius 3 is 2.75 bits per heavy atom. The first-order valence-electron chi connectivity index (χ1n) is 4.80. The Morgan fingerprint density at radius 1 is 1.38 bits per heavy atom. The molecule has 0 unspecified atom stereocenters. The van der Waals surface area contributed by atoms with Gasteiger partial charge in [-0.3, -0.25) is 9.59 Å². The maximum absolute atomic E-state index is 11.3. The molecule has 0 atom stereocenters. The van der Waals surface area contributed by atoms with Gasteiger partial charge in [-0.05, 0) is 22.4 Å². The van der Waals surface area contributed by atoms with E-state index in [4.69, 9.17) is 4.74 Å². The molecule has 0 saturated heterocycles. The number of carbonyl (C=O) groups excluding carboxylic acids is 2. The molecule has 0 aliphatic carbocycles. The zero-order chi connectivity index (χ0) is 11.8. The van der Waals surface area contributed by atoms with E-state index in [1.165, 1.54) is 7.11 Å². The second-order valence-electron chi connectivity index (χ2n) is 3.06. The number of carbonyl (C=O) groups is 2. The van der Waals surface area contributed by atoms with Crippen molar-refractivity contribution in [1.82, 2.24) is 10.6 Å². The normalized spacial score (nSPS) is 9.81. The lowest BCUT2D eigenvalue weighted by molar-refractivity contribution is -0.139. The molecule has 1 aromatic rings. The summed E-state index contributed by atoms with van der Waals surface area (Å²) in [6.07, 6.45) is 0. The van der Waals surface area contributed by atoms with Crippen LogP contribution in [0.25, 0.3) is 0 Å².